The first-order valence-corrected chi connectivity index (χ1v) is 7.10. The molecule has 0 spiro atoms. The Morgan fingerprint density at radius 3 is 2.39 bits per heavy atom. The predicted molar refractivity (Wildman–Crippen MR) is 82.6 cm³/mol. The molecule has 0 amide bonds. The molecule has 0 fully saturated rings. The average Bonchev–Trinajstić information content (AvgIpc) is 2.54. The van der Waals surface area contributed by atoms with E-state index in [2.05, 4.69) is 5.32 Å². The Hall–Kier alpha value is -2.18. The Labute approximate surface area is 133 Å². The van der Waals surface area contributed by atoms with E-state index in [1.165, 1.54) is 6.07 Å². The van der Waals surface area contributed by atoms with Gasteiger partial charge in [-0.1, -0.05) is 6.07 Å². The second kappa shape index (κ2) is 7.89. The quantitative estimate of drug-likeness (QED) is 0.823. The predicted octanol–water partition coefficient (Wildman–Crippen LogP) is 2.81. The van der Waals surface area contributed by atoms with Gasteiger partial charge in [0.05, 0.1) is 25.9 Å². The van der Waals surface area contributed by atoms with Crippen LogP contribution in [0.4, 0.5) is 8.78 Å². The number of aliphatic hydroxyl groups is 1. The van der Waals surface area contributed by atoms with Gasteiger partial charge in [0.25, 0.3) is 0 Å². The Balaban J connectivity index is 2.02. The molecule has 2 aromatic rings. The fourth-order valence-corrected chi connectivity index (χ4v) is 2.29. The number of nitrogens with one attached hydrogen (secondary N) is 1. The van der Waals surface area contributed by atoms with Gasteiger partial charge in [0, 0.05) is 18.7 Å². The molecule has 23 heavy (non-hydrogen) atoms. The summed E-state index contributed by atoms with van der Waals surface area (Å²) >= 11 is 0. The summed E-state index contributed by atoms with van der Waals surface area (Å²) < 4.78 is 37.6. The maximum Gasteiger partial charge on any atom is 0.131 e. The second-order valence-electron chi connectivity index (χ2n) is 4.96. The van der Waals surface area contributed by atoms with Gasteiger partial charge in [-0.15, -0.1) is 0 Å². The summed E-state index contributed by atoms with van der Waals surface area (Å²) in [5.74, 6) is -0.204. The molecule has 2 aromatic carbocycles. The highest BCUT2D eigenvalue weighted by Gasteiger charge is 2.17. The van der Waals surface area contributed by atoms with Crippen LogP contribution in [0, 0.1) is 11.6 Å². The van der Waals surface area contributed by atoms with Gasteiger partial charge in [0.2, 0.25) is 0 Å². The zero-order valence-electron chi connectivity index (χ0n) is 13.0. The van der Waals surface area contributed by atoms with Crippen molar-refractivity contribution in [2.75, 3.05) is 20.8 Å². The maximum absolute atomic E-state index is 13.6. The van der Waals surface area contributed by atoms with Crippen LogP contribution in [0.25, 0.3) is 0 Å². The normalized spacial score (nSPS) is 12.0. The van der Waals surface area contributed by atoms with E-state index in [4.69, 9.17) is 9.47 Å². The molecule has 0 saturated carbocycles. The standard InChI is InChI=1S/C17H19F2NO3/c1-22-12-6-7-16(23-2)11(8-12)9-20-10-15(21)17-13(18)4-3-5-14(17)19/h3-8,15,20-21H,9-10H2,1-2H3. The summed E-state index contributed by atoms with van der Waals surface area (Å²) in [6.07, 6.45) is -1.28. The molecule has 2 rings (SSSR count). The number of halogens is 2. The van der Waals surface area contributed by atoms with Crippen LogP contribution in [-0.2, 0) is 6.54 Å². The van der Waals surface area contributed by atoms with Gasteiger partial charge in [-0.2, -0.15) is 0 Å². The fourth-order valence-electron chi connectivity index (χ4n) is 2.29. The highest BCUT2D eigenvalue weighted by atomic mass is 19.1. The molecule has 0 aliphatic rings. The molecular weight excluding hydrogens is 304 g/mol. The Kier molecular flexibility index (Phi) is 5.90. The molecule has 0 saturated heterocycles. The molecule has 6 heteroatoms. The van der Waals surface area contributed by atoms with Crippen LogP contribution in [0.2, 0.25) is 0 Å². The summed E-state index contributed by atoms with van der Waals surface area (Å²) in [7, 11) is 3.11. The van der Waals surface area contributed by atoms with E-state index in [1.54, 1.807) is 32.4 Å². The fraction of sp³-hybridized carbons (Fsp3) is 0.294. The monoisotopic (exact) mass is 323 g/mol. The van der Waals surface area contributed by atoms with Crippen molar-refractivity contribution in [1.29, 1.82) is 0 Å². The lowest BCUT2D eigenvalue weighted by molar-refractivity contribution is 0.164. The molecule has 0 aromatic heterocycles. The third kappa shape index (κ3) is 4.18. The van der Waals surface area contributed by atoms with Crippen molar-refractivity contribution in [2.45, 2.75) is 12.6 Å². The Morgan fingerprint density at radius 2 is 1.78 bits per heavy atom. The minimum absolute atomic E-state index is 0.00177. The first-order chi connectivity index (χ1) is 11.1. The van der Waals surface area contributed by atoms with Crippen molar-refractivity contribution in [3.63, 3.8) is 0 Å². The molecule has 4 nitrogen and oxygen atoms in total. The summed E-state index contributed by atoms with van der Waals surface area (Å²) in [4.78, 5) is 0. The van der Waals surface area contributed by atoms with Crippen molar-refractivity contribution in [3.05, 3.63) is 59.2 Å². The van der Waals surface area contributed by atoms with Crippen molar-refractivity contribution in [2.24, 2.45) is 0 Å². The first kappa shape index (κ1) is 17.2. The van der Waals surface area contributed by atoms with Gasteiger partial charge < -0.3 is 19.9 Å². The van der Waals surface area contributed by atoms with Gasteiger partial charge in [-0.3, -0.25) is 0 Å². The third-order valence-electron chi connectivity index (χ3n) is 3.47. The van der Waals surface area contributed by atoms with E-state index in [9.17, 15) is 13.9 Å². The molecule has 0 aliphatic carbocycles. The number of rotatable bonds is 7. The van der Waals surface area contributed by atoms with Gasteiger partial charge in [-0.05, 0) is 30.3 Å². The highest BCUT2D eigenvalue weighted by Crippen LogP contribution is 2.24. The van der Waals surface area contributed by atoms with Gasteiger partial charge in [-0.25, -0.2) is 8.78 Å². The molecule has 2 N–H and O–H groups in total. The second-order valence-corrected chi connectivity index (χ2v) is 4.96. The summed E-state index contributed by atoms with van der Waals surface area (Å²) in [6, 6.07) is 8.82. The lowest BCUT2D eigenvalue weighted by Gasteiger charge is -2.15. The minimum atomic E-state index is -1.28. The van der Waals surface area contributed by atoms with Crippen molar-refractivity contribution in [3.8, 4) is 11.5 Å². The molecular formula is C17H19F2NO3. The number of hydrogen-bond donors (Lipinski definition) is 2. The highest BCUT2D eigenvalue weighted by molar-refractivity contribution is 5.40. The molecule has 0 aliphatic heterocycles. The lowest BCUT2D eigenvalue weighted by atomic mass is 10.1. The zero-order valence-corrected chi connectivity index (χ0v) is 13.0. The average molecular weight is 323 g/mol. The Bertz CT molecular complexity index is 644. The van der Waals surface area contributed by atoms with E-state index < -0.39 is 17.7 Å². The zero-order chi connectivity index (χ0) is 16.8. The molecule has 0 heterocycles. The lowest BCUT2D eigenvalue weighted by Crippen LogP contribution is -2.22. The molecule has 1 atom stereocenters. The number of aliphatic hydroxyl groups excluding tert-OH is 1. The van der Waals surface area contributed by atoms with E-state index in [1.807, 2.05) is 0 Å². The number of methoxy groups -OCH3 is 2. The van der Waals surface area contributed by atoms with Crippen LogP contribution in [0.15, 0.2) is 36.4 Å². The van der Waals surface area contributed by atoms with E-state index in [0.29, 0.717) is 18.0 Å². The minimum Gasteiger partial charge on any atom is -0.497 e. The SMILES string of the molecule is COc1ccc(OC)c(CNCC(O)c2c(F)cccc2F)c1. The van der Waals surface area contributed by atoms with Crippen LogP contribution in [-0.4, -0.2) is 25.9 Å². The van der Waals surface area contributed by atoms with Crippen LogP contribution in [0.3, 0.4) is 0 Å². The molecule has 124 valence electrons. The van der Waals surface area contributed by atoms with Gasteiger partial charge in [0.1, 0.15) is 23.1 Å². The van der Waals surface area contributed by atoms with Crippen molar-refractivity contribution in [1.82, 2.24) is 5.32 Å². The topological polar surface area (TPSA) is 50.7 Å². The summed E-state index contributed by atoms with van der Waals surface area (Å²) in [5.41, 5.74) is 0.477. The van der Waals surface area contributed by atoms with E-state index in [-0.39, 0.29) is 12.1 Å². The van der Waals surface area contributed by atoms with E-state index in [0.717, 1.165) is 17.7 Å². The molecule has 1 unspecified atom stereocenters. The number of ether oxygens (including phenoxy) is 2. The van der Waals surface area contributed by atoms with Crippen LogP contribution < -0.4 is 14.8 Å². The largest absolute Gasteiger partial charge is 0.497 e. The summed E-state index contributed by atoms with van der Waals surface area (Å²) in [6.45, 7) is 0.353. The first-order valence-electron chi connectivity index (χ1n) is 7.10. The van der Waals surface area contributed by atoms with Crippen molar-refractivity contribution < 1.29 is 23.4 Å². The third-order valence-corrected chi connectivity index (χ3v) is 3.47. The summed E-state index contributed by atoms with van der Waals surface area (Å²) in [5, 5.41) is 13.0. The smallest absolute Gasteiger partial charge is 0.131 e. The number of hydrogen-bond acceptors (Lipinski definition) is 4. The molecule has 0 bridgehead atoms. The van der Waals surface area contributed by atoms with Gasteiger partial charge in [0.15, 0.2) is 0 Å². The van der Waals surface area contributed by atoms with Gasteiger partial charge >= 0.3 is 0 Å². The number of benzene rings is 2. The maximum atomic E-state index is 13.6. The van der Waals surface area contributed by atoms with Crippen LogP contribution >= 0.6 is 0 Å². The van der Waals surface area contributed by atoms with E-state index >= 15 is 0 Å². The molecule has 0 radical (unpaired) electrons. The van der Waals surface area contributed by atoms with Crippen molar-refractivity contribution >= 4 is 0 Å². The van der Waals surface area contributed by atoms with Crippen LogP contribution in [0.5, 0.6) is 11.5 Å². The Morgan fingerprint density at radius 1 is 1.09 bits per heavy atom. The van der Waals surface area contributed by atoms with Crippen LogP contribution in [0.1, 0.15) is 17.2 Å².